The van der Waals surface area contributed by atoms with Gasteiger partial charge < -0.3 is 0 Å². The molecule has 0 aliphatic carbocycles. The third-order valence-corrected chi connectivity index (χ3v) is 2.12. The van der Waals surface area contributed by atoms with Gasteiger partial charge in [0, 0.05) is 16.5 Å². The van der Waals surface area contributed by atoms with Gasteiger partial charge in [0.15, 0.2) is 0 Å². The van der Waals surface area contributed by atoms with Gasteiger partial charge in [-0.25, -0.2) is 0 Å². The quantitative estimate of drug-likeness (QED) is 0.709. The van der Waals surface area contributed by atoms with Crippen LogP contribution in [0.1, 0.15) is 11.1 Å². The molecule has 0 aliphatic rings. The average Bonchev–Trinajstić information content (AvgIpc) is 2.27. The lowest BCUT2D eigenvalue weighted by molar-refractivity contribution is 0.563. The van der Waals surface area contributed by atoms with Gasteiger partial charge >= 0.3 is 0 Å². The van der Waals surface area contributed by atoms with Gasteiger partial charge in [0.1, 0.15) is 0 Å². The first-order chi connectivity index (χ1) is 6.86. The Hall–Kier alpha value is -1.96. The summed E-state index contributed by atoms with van der Waals surface area (Å²) >= 11 is 0. The van der Waals surface area contributed by atoms with Gasteiger partial charge in [-0.2, -0.15) is 0 Å². The molecule has 66 valence electrons. The van der Waals surface area contributed by atoms with Crippen LogP contribution in [0.3, 0.4) is 0 Å². The third kappa shape index (κ3) is 1.21. The van der Waals surface area contributed by atoms with E-state index in [2.05, 4.69) is 0 Å². The van der Waals surface area contributed by atoms with Crippen LogP contribution in [0.15, 0.2) is 36.4 Å². The van der Waals surface area contributed by atoms with Crippen LogP contribution in [0, 0.1) is 0 Å². The Morgan fingerprint density at radius 3 is 1.71 bits per heavy atom. The largest absolute Gasteiger partial charge is 0.285 e. The fraction of sp³-hybridized carbons (Fsp3) is 0. The van der Waals surface area contributed by atoms with Crippen molar-refractivity contribution in [2.45, 2.75) is 0 Å². The number of hydrogen-bond donors (Lipinski definition) is 0. The molecule has 14 heavy (non-hydrogen) atoms. The van der Waals surface area contributed by atoms with Crippen LogP contribution in [-0.4, -0.2) is 12.6 Å². The predicted octanol–water partition coefficient (Wildman–Crippen LogP) is 1.76. The fourth-order valence-electron chi connectivity index (χ4n) is 1.51. The smallest absolute Gasteiger partial charge is 0.234 e. The molecule has 0 amide bonds. The number of carbonyl (C=O) groups excluding carboxylic acids is 2. The molecule has 2 aromatic carbocycles. The van der Waals surface area contributed by atoms with Gasteiger partial charge in [-0.3, -0.25) is 9.59 Å². The average molecular weight is 182 g/mol. The van der Waals surface area contributed by atoms with Crippen molar-refractivity contribution in [1.29, 1.82) is 0 Å². The molecule has 0 fully saturated rings. The van der Waals surface area contributed by atoms with Crippen molar-refractivity contribution in [2.75, 3.05) is 0 Å². The molecule has 0 bridgehead atoms. The molecule has 0 aromatic heterocycles. The van der Waals surface area contributed by atoms with Gasteiger partial charge in [-0.05, 0) is 5.39 Å². The van der Waals surface area contributed by atoms with Gasteiger partial charge in [0.05, 0.1) is 0 Å². The number of benzene rings is 2. The Bertz CT molecular complexity index is 458. The minimum Gasteiger partial charge on any atom is -0.285 e. The molecule has 2 nitrogen and oxygen atoms in total. The first-order valence-electron chi connectivity index (χ1n) is 4.15. The second kappa shape index (κ2) is 3.42. The van der Waals surface area contributed by atoms with E-state index in [9.17, 15) is 9.59 Å². The zero-order chi connectivity index (χ0) is 9.97. The minimum atomic E-state index is 0.404. The fourth-order valence-corrected chi connectivity index (χ4v) is 1.51. The molecular weight excluding hydrogens is 176 g/mol. The highest BCUT2D eigenvalue weighted by molar-refractivity contribution is 6.06. The topological polar surface area (TPSA) is 34.1 Å². The summed E-state index contributed by atoms with van der Waals surface area (Å²) in [5, 5.41) is 1.48. The summed E-state index contributed by atoms with van der Waals surface area (Å²) in [5.41, 5.74) is 0.808. The maximum absolute atomic E-state index is 10.6. The van der Waals surface area contributed by atoms with Crippen molar-refractivity contribution in [3.05, 3.63) is 47.5 Å². The molecule has 0 saturated heterocycles. The molecule has 0 unspecified atom stereocenters. The number of hydrogen-bond acceptors (Lipinski definition) is 2. The molecule has 2 aromatic rings. The molecule has 0 heterocycles. The SMILES string of the molecule is O=[C]c1cccc2cccc([C]=O)c12. The lowest BCUT2D eigenvalue weighted by Gasteiger charge is -2.01. The minimum absolute atomic E-state index is 0.404. The molecular formula is C12H6O2. The second-order valence-corrected chi connectivity index (χ2v) is 2.91. The van der Waals surface area contributed by atoms with Crippen LogP contribution in [0.5, 0.6) is 0 Å². The summed E-state index contributed by atoms with van der Waals surface area (Å²) in [4.78, 5) is 21.3. The van der Waals surface area contributed by atoms with E-state index in [1.807, 2.05) is 24.7 Å². The van der Waals surface area contributed by atoms with Gasteiger partial charge in [0.2, 0.25) is 12.6 Å². The van der Waals surface area contributed by atoms with Crippen molar-refractivity contribution < 1.29 is 9.59 Å². The van der Waals surface area contributed by atoms with Crippen LogP contribution >= 0.6 is 0 Å². The molecule has 2 heteroatoms. The van der Waals surface area contributed by atoms with Crippen molar-refractivity contribution in [3.63, 3.8) is 0 Å². The predicted molar refractivity (Wildman–Crippen MR) is 53.5 cm³/mol. The summed E-state index contributed by atoms with van der Waals surface area (Å²) in [6.45, 7) is 0. The maximum Gasteiger partial charge on any atom is 0.234 e. The normalized spacial score (nSPS) is 10.0. The maximum atomic E-state index is 10.6. The standard InChI is InChI=1S/C12H6O2/c13-7-10-5-1-3-9-4-2-6-11(8-14)12(9)10/h1-6H. The van der Waals surface area contributed by atoms with Crippen molar-refractivity contribution in [1.82, 2.24) is 0 Å². The van der Waals surface area contributed by atoms with Crippen molar-refractivity contribution in [2.24, 2.45) is 0 Å². The zero-order valence-electron chi connectivity index (χ0n) is 7.28. The Morgan fingerprint density at radius 2 is 1.29 bits per heavy atom. The first-order valence-corrected chi connectivity index (χ1v) is 4.15. The lowest BCUT2D eigenvalue weighted by atomic mass is 10.0. The van der Waals surface area contributed by atoms with E-state index in [1.54, 1.807) is 24.3 Å². The highest BCUT2D eigenvalue weighted by atomic mass is 16.1. The highest BCUT2D eigenvalue weighted by Crippen LogP contribution is 2.20. The van der Waals surface area contributed by atoms with Gasteiger partial charge in [0.25, 0.3) is 0 Å². The Balaban J connectivity index is 2.94. The molecule has 2 rings (SSSR count). The Kier molecular flexibility index (Phi) is 2.11. The summed E-state index contributed by atoms with van der Waals surface area (Å²) in [6.07, 6.45) is 3.63. The van der Waals surface area contributed by atoms with Crippen LogP contribution < -0.4 is 0 Å². The van der Waals surface area contributed by atoms with Gasteiger partial charge in [-0.1, -0.05) is 36.4 Å². The second-order valence-electron chi connectivity index (χ2n) is 2.91. The lowest BCUT2D eigenvalue weighted by Crippen LogP contribution is -1.89. The molecule has 2 radical (unpaired) electrons. The third-order valence-electron chi connectivity index (χ3n) is 2.12. The van der Waals surface area contributed by atoms with E-state index in [0.29, 0.717) is 16.5 Å². The highest BCUT2D eigenvalue weighted by Gasteiger charge is 2.05. The van der Waals surface area contributed by atoms with Crippen LogP contribution in [-0.2, 0) is 9.59 Å². The van der Waals surface area contributed by atoms with E-state index >= 15 is 0 Å². The van der Waals surface area contributed by atoms with E-state index < -0.39 is 0 Å². The molecule has 0 atom stereocenters. The van der Waals surface area contributed by atoms with Gasteiger partial charge in [-0.15, -0.1) is 0 Å². The van der Waals surface area contributed by atoms with E-state index in [-0.39, 0.29) is 0 Å². The summed E-state index contributed by atoms with van der Waals surface area (Å²) in [7, 11) is 0. The van der Waals surface area contributed by atoms with Crippen LogP contribution in [0.4, 0.5) is 0 Å². The number of rotatable bonds is 2. The molecule has 0 saturated carbocycles. The number of fused-ring (bicyclic) bond motifs is 1. The Morgan fingerprint density at radius 1 is 0.786 bits per heavy atom. The van der Waals surface area contributed by atoms with E-state index in [1.165, 1.54) is 0 Å². The van der Waals surface area contributed by atoms with E-state index in [0.717, 1.165) is 5.39 Å². The summed E-state index contributed by atoms with van der Waals surface area (Å²) < 4.78 is 0. The summed E-state index contributed by atoms with van der Waals surface area (Å²) in [5.74, 6) is 0. The summed E-state index contributed by atoms with van der Waals surface area (Å²) in [6, 6.07) is 10.5. The zero-order valence-corrected chi connectivity index (χ0v) is 7.28. The van der Waals surface area contributed by atoms with E-state index in [4.69, 9.17) is 0 Å². The van der Waals surface area contributed by atoms with Crippen LogP contribution in [0.25, 0.3) is 10.8 Å². The monoisotopic (exact) mass is 182 g/mol. The van der Waals surface area contributed by atoms with Crippen molar-refractivity contribution >= 4 is 23.3 Å². The molecule has 0 aliphatic heterocycles. The van der Waals surface area contributed by atoms with Crippen molar-refractivity contribution in [3.8, 4) is 0 Å². The van der Waals surface area contributed by atoms with Crippen LogP contribution in [0.2, 0.25) is 0 Å². The molecule has 0 spiro atoms. The molecule has 0 N–H and O–H groups in total. The first kappa shape index (κ1) is 8.63. The Labute approximate surface area is 81.2 Å².